The number of rotatable bonds is 6. The van der Waals surface area contributed by atoms with E-state index in [9.17, 15) is 8.78 Å². The van der Waals surface area contributed by atoms with Gasteiger partial charge >= 0.3 is 0 Å². The van der Waals surface area contributed by atoms with E-state index < -0.39 is 17.7 Å². The third-order valence-electron chi connectivity index (χ3n) is 3.34. The Morgan fingerprint density at radius 2 is 1.67 bits per heavy atom. The zero-order valence-corrected chi connectivity index (χ0v) is 12.2. The van der Waals surface area contributed by atoms with E-state index >= 15 is 0 Å². The molecule has 1 N–H and O–H groups in total. The minimum Gasteiger partial charge on any atom is -0.497 e. The number of halogens is 2. The molecule has 2 nitrogen and oxygen atoms in total. The van der Waals surface area contributed by atoms with Gasteiger partial charge in [-0.05, 0) is 42.8 Å². The highest BCUT2D eigenvalue weighted by atomic mass is 19.1. The van der Waals surface area contributed by atoms with Gasteiger partial charge in [-0.3, -0.25) is 0 Å². The Morgan fingerprint density at radius 1 is 1.05 bits per heavy atom. The highest BCUT2D eigenvalue weighted by molar-refractivity contribution is 5.36. The van der Waals surface area contributed by atoms with E-state index in [1.54, 1.807) is 19.2 Å². The van der Waals surface area contributed by atoms with Crippen molar-refractivity contribution in [3.8, 4) is 5.75 Å². The molecule has 0 heterocycles. The Balaban J connectivity index is 2.41. The highest BCUT2D eigenvalue weighted by Gasteiger charge is 2.21. The van der Waals surface area contributed by atoms with Gasteiger partial charge in [-0.25, -0.2) is 8.78 Å². The van der Waals surface area contributed by atoms with E-state index in [2.05, 4.69) is 5.32 Å². The van der Waals surface area contributed by atoms with Crippen molar-refractivity contribution < 1.29 is 13.5 Å². The molecule has 1 unspecified atom stereocenters. The average Bonchev–Trinajstić information content (AvgIpc) is 2.50. The number of methoxy groups -OCH3 is 1. The Morgan fingerprint density at radius 3 is 2.19 bits per heavy atom. The van der Waals surface area contributed by atoms with Gasteiger partial charge in [0.05, 0.1) is 13.2 Å². The lowest BCUT2D eigenvalue weighted by molar-refractivity contribution is 0.414. The topological polar surface area (TPSA) is 21.3 Å². The Hall–Kier alpha value is -1.94. The standard InChI is InChI=1S/C17H19F2NO/c1-3-11-20-17(12-7-9-13(21-2)10-8-12)16-14(18)5-4-6-15(16)19/h4-10,17,20H,3,11H2,1-2H3. The van der Waals surface area contributed by atoms with Gasteiger partial charge in [0.1, 0.15) is 17.4 Å². The zero-order chi connectivity index (χ0) is 15.2. The van der Waals surface area contributed by atoms with E-state index in [1.807, 2.05) is 19.1 Å². The van der Waals surface area contributed by atoms with Crippen LogP contribution < -0.4 is 10.1 Å². The molecule has 2 rings (SSSR count). The quantitative estimate of drug-likeness (QED) is 0.866. The lowest BCUT2D eigenvalue weighted by Crippen LogP contribution is -2.25. The molecule has 4 heteroatoms. The van der Waals surface area contributed by atoms with Gasteiger partial charge in [0.2, 0.25) is 0 Å². The van der Waals surface area contributed by atoms with Crippen LogP contribution in [0.1, 0.15) is 30.5 Å². The molecule has 0 saturated heterocycles. The fraction of sp³-hybridized carbons (Fsp3) is 0.294. The van der Waals surface area contributed by atoms with Gasteiger partial charge in [-0.15, -0.1) is 0 Å². The van der Waals surface area contributed by atoms with Crippen LogP contribution in [0.3, 0.4) is 0 Å². The summed E-state index contributed by atoms with van der Waals surface area (Å²) >= 11 is 0. The summed E-state index contributed by atoms with van der Waals surface area (Å²) < 4.78 is 33.2. The summed E-state index contributed by atoms with van der Waals surface area (Å²) in [7, 11) is 1.58. The van der Waals surface area contributed by atoms with Gasteiger partial charge in [-0.1, -0.05) is 25.1 Å². The van der Waals surface area contributed by atoms with Gasteiger partial charge in [0.25, 0.3) is 0 Å². The Bertz CT molecular complexity index is 564. The van der Waals surface area contributed by atoms with E-state index in [4.69, 9.17) is 4.74 Å². The summed E-state index contributed by atoms with van der Waals surface area (Å²) in [6.07, 6.45) is 0.878. The molecule has 0 bridgehead atoms. The van der Waals surface area contributed by atoms with E-state index in [0.717, 1.165) is 12.0 Å². The van der Waals surface area contributed by atoms with Crippen LogP contribution in [-0.2, 0) is 0 Å². The summed E-state index contributed by atoms with van der Waals surface area (Å²) in [5.74, 6) is -0.374. The maximum absolute atomic E-state index is 14.1. The first-order chi connectivity index (χ1) is 10.2. The van der Waals surface area contributed by atoms with E-state index in [1.165, 1.54) is 18.2 Å². The van der Waals surface area contributed by atoms with Crippen LogP contribution in [0, 0.1) is 11.6 Å². The number of nitrogens with one attached hydrogen (secondary N) is 1. The van der Waals surface area contributed by atoms with E-state index in [0.29, 0.717) is 12.3 Å². The first-order valence-electron chi connectivity index (χ1n) is 6.98. The van der Waals surface area contributed by atoms with Crippen LogP contribution in [-0.4, -0.2) is 13.7 Å². The summed E-state index contributed by atoms with van der Waals surface area (Å²) in [6.45, 7) is 2.68. The van der Waals surface area contributed by atoms with Crippen LogP contribution in [0.4, 0.5) is 8.78 Å². The first-order valence-corrected chi connectivity index (χ1v) is 6.98. The highest BCUT2D eigenvalue weighted by Crippen LogP contribution is 2.28. The fourth-order valence-corrected chi connectivity index (χ4v) is 2.26. The molecule has 0 fully saturated rings. The van der Waals surface area contributed by atoms with Crippen molar-refractivity contribution in [2.45, 2.75) is 19.4 Å². The van der Waals surface area contributed by atoms with Crippen molar-refractivity contribution in [3.63, 3.8) is 0 Å². The summed E-state index contributed by atoms with van der Waals surface area (Å²) in [5, 5.41) is 3.20. The minimum atomic E-state index is -0.542. The molecule has 0 aliphatic heterocycles. The SMILES string of the molecule is CCCNC(c1ccc(OC)cc1)c1c(F)cccc1F. The second-order valence-corrected chi connectivity index (χ2v) is 4.80. The maximum Gasteiger partial charge on any atom is 0.131 e. The monoisotopic (exact) mass is 291 g/mol. The molecule has 2 aromatic carbocycles. The van der Waals surface area contributed by atoms with Crippen molar-refractivity contribution in [2.24, 2.45) is 0 Å². The molecule has 0 saturated carbocycles. The smallest absolute Gasteiger partial charge is 0.131 e. The van der Waals surface area contributed by atoms with Crippen LogP contribution >= 0.6 is 0 Å². The molecule has 0 amide bonds. The number of hydrogen-bond acceptors (Lipinski definition) is 2. The zero-order valence-electron chi connectivity index (χ0n) is 12.2. The van der Waals surface area contributed by atoms with Gasteiger partial charge in [0.15, 0.2) is 0 Å². The van der Waals surface area contributed by atoms with Crippen LogP contribution in [0.25, 0.3) is 0 Å². The van der Waals surface area contributed by atoms with Crippen LogP contribution in [0.2, 0.25) is 0 Å². The lowest BCUT2D eigenvalue weighted by atomic mass is 9.97. The molecular formula is C17H19F2NO. The predicted octanol–water partition coefficient (Wildman–Crippen LogP) is 4.06. The number of ether oxygens (including phenoxy) is 1. The average molecular weight is 291 g/mol. The molecule has 112 valence electrons. The van der Waals surface area contributed by atoms with E-state index in [-0.39, 0.29) is 5.56 Å². The third-order valence-corrected chi connectivity index (χ3v) is 3.34. The van der Waals surface area contributed by atoms with Gasteiger partial charge in [-0.2, -0.15) is 0 Å². The fourth-order valence-electron chi connectivity index (χ4n) is 2.26. The predicted molar refractivity (Wildman–Crippen MR) is 79.5 cm³/mol. The van der Waals surface area contributed by atoms with Gasteiger partial charge < -0.3 is 10.1 Å². The maximum atomic E-state index is 14.1. The van der Waals surface area contributed by atoms with Crippen LogP contribution in [0.15, 0.2) is 42.5 Å². The normalized spacial score (nSPS) is 12.2. The molecular weight excluding hydrogens is 272 g/mol. The minimum absolute atomic E-state index is 0.0520. The van der Waals surface area contributed by atoms with Crippen molar-refractivity contribution in [3.05, 3.63) is 65.2 Å². The lowest BCUT2D eigenvalue weighted by Gasteiger charge is -2.21. The van der Waals surface area contributed by atoms with Crippen molar-refractivity contribution >= 4 is 0 Å². The van der Waals surface area contributed by atoms with Crippen molar-refractivity contribution in [1.82, 2.24) is 5.32 Å². The molecule has 0 aliphatic carbocycles. The number of benzene rings is 2. The Kier molecular flexibility index (Phi) is 5.28. The summed E-state index contributed by atoms with van der Waals surface area (Å²) in [4.78, 5) is 0. The molecule has 1 atom stereocenters. The molecule has 0 aliphatic rings. The van der Waals surface area contributed by atoms with Gasteiger partial charge in [0, 0.05) is 5.56 Å². The second kappa shape index (κ2) is 7.18. The largest absolute Gasteiger partial charge is 0.497 e. The third kappa shape index (κ3) is 3.58. The van der Waals surface area contributed by atoms with Crippen LogP contribution in [0.5, 0.6) is 5.75 Å². The molecule has 0 aromatic heterocycles. The summed E-state index contributed by atoms with van der Waals surface area (Å²) in [6, 6.07) is 10.6. The second-order valence-electron chi connectivity index (χ2n) is 4.80. The van der Waals surface area contributed by atoms with Crippen molar-refractivity contribution in [1.29, 1.82) is 0 Å². The summed E-state index contributed by atoms with van der Waals surface area (Å²) in [5.41, 5.74) is 0.851. The first kappa shape index (κ1) is 15.4. The molecule has 0 spiro atoms. The molecule has 2 aromatic rings. The Labute approximate surface area is 123 Å². The molecule has 21 heavy (non-hydrogen) atoms. The molecule has 0 radical (unpaired) electrons. The number of hydrogen-bond donors (Lipinski definition) is 1. The van der Waals surface area contributed by atoms with Crippen molar-refractivity contribution in [2.75, 3.05) is 13.7 Å².